The van der Waals surface area contributed by atoms with E-state index >= 15 is 0 Å². The number of hydrogen-bond acceptors (Lipinski definition) is 3. The second kappa shape index (κ2) is 6.92. The highest BCUT2D eigenvalue weighted by Gasteiger charge is 2.42. The van der Waals surface area contributed by atoms with Crippen LogP contribution in [0.15, 0.2) is 0 Å². The fourth-order valence-electron chi connectivity index (χ4n) is 2.33. The maximum absolute atomic E-state index is 11.9. The number of rotatable bonds is 5. The van der Waals surface area contributed by atoms with Crippen LogP contribution in [0.2, 0.25) is 0 Å². The molecule has 1 saturated carbocycles. The van der Waals surface area contributed by atoms with Crippen molar-refractivity contribution in [2.24, 2.45) is 5.92 Å². The number of nitrogens with zero attached hydrogens (tertiary/aromatic N) is 1. The van der Waals surface area contributed by atoms with E-state index in [1.807, 2.05) is 25.9 Å². The van der Waals surface area contributed by atoms with Crippen molar-refractivity contribution in [3.05, 3.63) is 0 Å². The number of aliphatic carboxylic acids is 1. The zero-order valence-electron chi connectivity index (χ0n) is 12.9. The van der Waals surface area contributed by atoms with E-state index in [9.17, 15) is 14.7 Å². The second-order valence-corrected chi connectivity index (χ2v) is 6.22. The van der Waals surface area contributed by atoms with Gasteiger partial charge in [0.1, 0.15) is 5.54 Å². The van der Waals surface area contributed by atoms with E-state index in [-0.39, 0.29) is 6.04 Å². The summed E-state index contributed by atoms with van der Waals surface area (Å²) in [5, 5.41) is 14.9. The highest BCUT2D eigenvalue weighted by Crippen LogP contribution is 2.32. The van der Waals surface area contributed by atoms with E-state index in [4.69, 9.17) is 0 Å². The van der Waals surface area contributed by atoms with Crippen molar-refractivity contribution in [2.45, 2.75) is 51.1 Å². The molecule has 0 radical (unpaired) electrons. The Balaban J connectivity index is 2.54. The van der Waals surface area contributed by atoms with Crippen LogP contribution in [0.1, 0.15) is 39.5 Å². The number of carbonyl (C=O) groups excluding carboxylic acids is 1. The highest BCUT2D eigenvalue weighted by atomic mass is 16.4. The predicted octanol–water partition coefficient (Wildman–Crippen LogP) is 1.27. The molecule has 0 spiro atoms. The molecule has 3 N–H and O–H groups in total. The van der Waals surface area contributed by atoms with Crippen LogP contribution in [-0.4, -0.2) is 54.2 Å². The number of carboxylic acids is 1. The summed E-state index contributed by atoms with van der Waals surface area (Å²) in [5.74, 6) is -0.402. The van der Waals surface area contributed by atoms with Crippen molar-refractivity contribution in [3.8, 4) is 0 Å². The SMILES string of the molecule is CC1CCC(NC(=O)NCC(C)N(C)C)(C(=O)O)CC1. The lowest BCUT2D eigenvalue weighted by Gasteiger charge is -2.36. The van der Waals surface area contributed by atoms with E-state index in [0.717, 1.165) is 12.8 Å². The minimum atomic E-state index is -1.10. The molecule has 1 fully saturated rings. The van der Waals surface area contributed by atoms with E-state index in [1.165, 1.54) is 0 Å². The molecule has 1 aliphatic rings. The largest absolute Gasteiger partial charge is 0.480 e. The van der Waals surface area contributed by atoms with Gasteiger partial charge in [0.2, 0.25) is 0 Å². The third kappa shape index (κ3) is 4.37. The molecule has 1 aliphatic carbocycles. The van der Waals surface area contributed by atoms with Gasteiger partial charge in [0.05, 0.1) is 0 Å². The molecule has 0 bridgehead atoms. The normalized spacial score (nSPS) is 27.9. The number of carbonyl (C=O) groups is 2. The summed E-state index contributed by atoms with van der Waals surface area (Å²) in [4.78, 5) is 25.4. The fraction of sp³-hybridized carbons (Fsp3) is 0.857. The first kappa shape index (κ1) is 16.8. The molecule has 1 unspecified atom stereocenters. The Hall–Kier alpha value is -1.30. The predicted molar refractivity (Wildman–Crippen MR) is 77.7 cm³/mol. The van der Waals surface area contributed by atoms with Gasteiger partial charge in [-0.05, 0) is 52.6 Å². The molecule has 2 amide bonds. The molecule has 0 saturated heterocycles. The molecule has 1 atom stereocenters. The van der Waals surface area contributed by atoms with E-state index in [0.29, 0.717) is 25.3 Å². The van der Waals surface area contributed by atoms with Gasteiger partial charge < -0.3 is 20.6 Å². The van der Waals surface area contributed by atoms with Crippen LogP contribution in [-0.2, 0) is 4.79 Å². The maximum atomic E-state index is 11.9. The number of carboxylic acid groups (broad SMARTS) is 1. The Morgan fingerprint density at radius 1 is 1.35 bits per heavy atom. The van der Waals surface area contributed by atoms with E-state index < -0.39 is 17.5 Å². The molecule has 0 heterocycles. The van der Waals surface area contributed by atoms with Gasteiger partial charge in [-0.1, -0.05) is 6.92 Å². The average molecular weight is 285 g/mol. The summed E-state index contributed by atoms with van der Waals surface area (Å²) in [6.45, 7) is 4.60. The minimum absolute atomic E-state index is 0.202. The molecule has 0 aromatic heterocycles. The van der Waals surface area contributed by atoms with Crippen LogP contribution in [0, 0.1) is 5.92 Å². The lowest BCUT2D eigenvalue weighted by atomic mass is 9.77. The number of amides is 2. The fourth-order valence-corrected chi connectivity index (χ4v) is 2.33. The zero-order chi connectivity index (χ0) is 15.3. The Morgan fingerprint density at radius 3 is 2.35 bits per heavy atom. The zero-order valence-corrected chi connectivity index (χ0v) is 12.9. The lowest BCUT2D eigenvalue weighted by molar-refractivity contribution is -0.146. The standard InChI is InChI=1S/C14H27N3O3/c1-10-5-7-14(8-6-10,12(18)19)16-13(20)15-9-11(2)17(3)4/h10-11H,5-9H2,1-4H3,(H,18,19)(H2,15,16,20). The van der Waals surface area contributed by atoms with Crippen LogP contribution >= 0.6 is 0 Å². The molecule has 6 heteroatoms. The van der Waals surface area contributed by atoms with Crippen molar-refractivity contribution >= 4 is 12.0 Å². The Bertz CT molecular complexity index is 350. The van der Waals surface area contributed by atoms with Gasteiger partial charge in [-0.25, -0.2) is 9.59 Å². The van der Waals surface area contributed by atoms with E-state index in [2.05, 4.69) is 17.6 Å². The number of nitrogens with one attached hydrogen (secondary N) is 2. The van der Waals surface area contributed by atoms with E-state index in [1.54, 1.807) is 0 Å². The third-order valence-electron chi connectivity index (χ3n) is 4.33. The maximum Gasteiger partial charge on any atom is 0.329 e. The Morgan fingerprint density at radius 2 is 1.90 bits per heavy atom. The molecule has 1 rings (SSSR count). The van der Waals surface area contributed by atoms with Crippen LogP contribution < -0.4 is 10.6 Å². The molecule has 0 aromatic carbocycles. The van der Waals surface area contributed by atoms with Crippen molar-refractivity contribution in [3.63, 3.8) is 0 Å². The lowest BCUT2D eigenvalue weighted by Crippen LogP contribution is -2.59. The minimum Gasteiger partial charge on any atom is -0.480 e. The van der Waals surface area contributed by atoms with Crippen LogP contribution in [0.3, 0.4) is 0 Å². The van der Waals surface area contributed by atoms with Crippen LogP contribution in [0.25, 0.3) is 0 Å². The van der Waals surface area contributed by atoms with Gasteiger partial charge in [0.15, 0.2) is 0 Å². The van der Waals surface area contributed by atoms with Gasteiger partial charge in [-0.15, -0.1) is 0 Å². The summed E-state index contributed by atoms with van der Waals surface area (Å²) in [5.41, 5.74) is -1.10. The first-order chi connectivity index (χ1) is 9.27. The van der Waals surface area contributed by atoms with Gasteiger partial charge in [0, 0.05) is 12.6 Å². The second-order valence-electron chi connectivity index (χ2n) is 6.22. The molecule has 0 aromatic rings. The summed E-state index contributed by atoms with van der Waals surface area (Å²) in [6.07, 6.45) is 2.67. The molecular weight excluding hydrogens is 258 g/mol. The monoisotopic (exact) mass is 285 g/mol. The molecule has 0 aliphatic heterocycles. The molecular formula is C14H27N3O3. The van der Waals surface area contributed by atoms with Gasteiger partial charge >= 0.3 is 12.0 Å². The third-order valence-corrected chi connectivity index (χ3v) is 4.33. The van der Waals surface area contributed by atoms with Crippen LogP contribution in [0.4, 0.5) is 4.79 Å². The van der Waals surface area contributed by atoms with Crippen molar-refractivity contribution in [2.75, 3.05) is 20.6 Å². The Kier molecular flexibility index (Phi) is 5.80. The topological polar surface area (TPSA) is 81.7 Å². The van der Waals surface area contributed by atoms with Gasteiger partial charge in [-0.3, -0.25) is 0 Å². The number of likely N-dealkylation sites (N-methyl/N-ethyl adjacent to an activating group) is 1. The first-order valence-corrected chi connectivity index (χ1v) is 7.22. The quantitative estimate of drug-likeness (QED) is 0.710. The summed E-state index contributed by atoms with van der Waals surface area (Å²) in [7, 11) is 3.87. The average Bonchev–Trinajstić information content (AvgIpc) is 2.38. The molecule has 20 heavy (non-hydrogen) atoms. The highest BCUT2D eigenvalue weighted by molar-refractivity contribution is 5.86. The van der Waals surface area contributed by atoms with Gasteiger partial charge in [0.25, 0.3) is 0 Å². The smallest absolute Gasteiger partial charge is 0.329 e. The Labute approximate surface area is 120 Å². The van der Waals surface area contributed by atoms with Crippen molar-refractivity contribution in [1.29, 1.82) is 0 Å². The van der Waals surface area contributed by atoms with Crippen molar-refractivity contribution in [1.82, 2.24) is 15.5 Å². The number of hydrogen-bond donors (Lipinski definition) is 3. The summed E-state index contributed by atoms with van der Waals surface area (Å²) >= 11 is 0. The van der Waals surface area contributed by atoms with Gasteiger partial charge in [-0.2, -0.15) is 0 Å². The van der Waals surface area contributed by atoms with Crippen molar-refractivity contribution < 1.29 is 14.7 Å². The van der Waals surface area contributed by atoms with Crippen LogP contribution in [0.5, 0.6) is 0 Å². The summed E-state index contributed by atoms with van der Waals surface area (Å²) in [6, 6.07) is -0.191. The number of urea groups is 1. The molecule has 116 valence electrons. The first-order valence-electron chi connectivity index (χ1n) is 7.22. The summed E-state index contributed by atoms with van der Waals surface area (Å²) < 4.78 is 0. The molecule has 6 nitrogen and oxygen atoms in total.